The van der Waals surface area contributed by atoms with Gasteiger partial charge in [0.25, 0.3) is 5.91 Å². The van der Waals surface area contributed by atoms with E-state index in [1.54, 1.807) is 29.2 Å². The summed E-state index contributed by atoms with van der Waals surface area (Å²) in [5.74, 6) is -0.575. The van der Waals surface area contributed by atoms with E-state index in [0.717, 1.165) is 5.56 Å². The molecule has 2 amide bonds. The summed E-state index contributed by atoms with van der Waals surface area (Å²) in [6.07, 6.45) is -0.980. The van der Waals surface area contributed by atoms with E-state index in [2.05, 4.69) is 0 Å². The summed E-state index contributed by atoms with van der Waals surface area (Å²) < 4.78 is 32.9. The summed E-state index contributed by atoms with van der Waals surface area (Å²) in [5, 5.41) is 0.743. The van der Waals surface area contributed by atoms with Crippen molar-refractivity contribution in [1.29, 1.82) is 0 Å². The first-order valence-electron chi connectivity index (χ1n) is 10.4. The van der Waals surface area contributed by atoms with E-state index in [0.29, 0.717) is 24.7 Å². The van der Waals surface area contributed by atoms with E-state index in [1.165, 1.54) is 21.3 Å². The fourth-order valence-electron chi connectivity index (χ4n) is 3.86. The number of amides is 2. The van der Waals surface area contributed by atoms with Crippen LogP contribution in [0.15, 0.2) is 53.4 Å². The Morgan fingerprint density at radius 3 is 2.45 bits per heavy atom. The monoisotopic (exact) mass is 511 g/mol. The summed E-state index contributed by atoms with van der Waals surface area (Å²) in [4.78, 5) is 28.8. The second-order valence-corrected chi connectivity index (χ2v) is 10.6. The highest BCUT2D eigenvalue weighted by atomic mass is 35.5. The van der Waals surface area contributed by atoms with Gasteiger partial charge in [0, 0.05) is 37.7 Å². The first-order chi connectivity index (χ1) is 15.8. The molecule has 0 spiro atoms. The Kier molecular flexibility index (Phi) is 7.25. The largest absolute Gasteiger partial charge is 0.366 e. The molecule has 2 aromatic rings. The van der Waals surface area contributed by atoms with E-state index in [-0.39, 0.29) is 42.1 Å². The van der Waals surface area contributed by atoms with Gasteiger partial charge in [-0.3, -0.25) is 9.59 Å². The molecule has 1 atom stereocenters. The molecular formula is C22H23Cl2N3O5S. The summed E-state index contributed by atoms with van der Waals surface area (Å²) in [5.41, 5.74) is 0.948. The molecule has 8 nitrogen and oxygen atoms in total. The van der Waals surface area contributed by atoms with Gasteiger partial charge >= 0.3 is 0 Å². The Morgan fingerprint density at radius 1 is 1.03 bits per heavy atom. The molecule has 33 heavy (non-hydrogen) atoms. The SMILES string of the molecule is O=C1CN(C(=O)C2CN(S(=O)(=O)c3ccccc3Cl)CCO2)CCN1Cc1ccc(Cl)cc1. The Balaban J connectivity index is 1.39. The minimum atomic E-state index is -3.88. The van der Waals surface area contributed by atoms with Crippen LogP contribution in [0.2, 0.25) is 10.0 Å². The Labute approximate surface area is 202 Å². The van der Waals surface area contributed by atoms with Crippen molar-refractivity contribution in [2.45, 2.75) is 17.5 Å². The normalized spacial score (nSPS) is 20.2. The smallest absolute Gasteiger partial charge is 0.253 e. The predicted molar refractivity (Wildman–Crippen MR) is 123 cm³/mol. The molecule has 0 bridgehead atoms. The number of hydrogen-bond donors (Lipinski definition) is 0. The van der Waals surface area contributed by atoms with Crippen molar-refractivity contribution < 1.29 is 22.7 Å². The zero-order valence-electron chi connectivity index (χ0n) is 17.7. The molecular weight excluding hydrogens is 489 g/mol. The number of nitrogens with zero attached hydrogens (tertiary/aromatic N) is 3. The first-order valence-corrected chi connectivity index (χ1v) is 12.6. The van der Waals surface area contributed by atoms with Gasteiger partial charge in [-0.25, -0.2) is 8.42 Å². The molecule has 2 aliphatic rings. The number of carbonyl (C=O) groups is 2. The van der Waals surface area contributed by atoms with E-state index in [1.807, 2.05) is 12.1 Å². The van der Waals surface area contributed by atoms with Gasteiger partial charge in [-0.2, -0.15) is 4.31 Å². The second-order valence-electron chi connectivity index (χ2n) is 7.85. The average Bonchev–Trinajstić information content (AvgIpc) is 2.81. The Morgan fingerprint density at radius 2 is 1.76 bits per heavy atom. The van der Waals surface area contributed by atoms with Crippen LogP contribution in [0.25, 0.3) is 0 Å². The van der Waals surface area contributed by atoms with Crippen molar-refractivity contribution in [3.05, 3.63) is 64.1 Å². The fraction of sp³-hybridized carbons (Fsp3) is 0.364. The summed E-state index contributed by atoms with van der Waals surface area (Å²) in [7, 11) is -3.88. The maximum atomic E-state index is 13.0. The maximum absolute atomic E-state index is 13.0. The maximum Gasteiger partial charge on any atom is 0.253 e. The van der Waals surface area contributed by atoms with Gasteiger partial charge in [0.05, 0.1) is 18.2 Å². The van der Waals surface area contributed by atoms with E-state index in [4.69, 9.17) is 27.9 Å². The van der Waals surface area contributed by atoms with Gasteiger partial charge in [-0.1, -0.05) is 47.5 Å². The molecule has 176 valence electrons. The molecule has 2 heterocycles. The minimum Gasteiger partial charge on any atom is -0.366 e. The minimum absolute atomic E-state index is 0.00856. The predicted octanol–water partition coefficient (Wildman–Crippen LogP) is 2.25. The third kappa shape index (κ3) is 5.33. The highest BCUT2D eigenvalue weighted by molar-refractivity contribution is 7.89. The Hall–Kier alpha value is -2.17. The lowest BCUT2D eigenvalue weighted by molar-refractivity contribution is -0.155. The van der Waals surface area contributed by atoms with Gasteiger partial charge in [-0.05, 0) is 29.8 Å². The molecule has 11 heteroatoms. The number of rotatable bonds is 5. The van der Waals surface area contributed by atoms with Crippen LogP contribution in [0, 0.1) is 0 Å². The van der Waals surface area contributed by atoms with Gasteiger partial charge in [-0.15, -0.1) is 0 Å². The van der Waals surface area contributed by atoms with Crippen LogP contribution in [0.1, 0.15) is 5.56 Å². The van der Waals surface area contributed by atoms with Crippen LogP contribution in [0.3, 0.4) is 0 Å². The molecule has 0 saturated carbocycles. The molecule has 2 aromatic carbocycles. The lowest BCUT2D eigenvalue weighted by Crippen LogP contribution is -2.57. The van der Waals surface area contributed by atoms with Crippen LogP contribution < -0.4 is 0 Å². The van der Waals surface area contributed by atoms with Gasteiger partial charge in [0.1, 0.15) is 11.0 Å². The van der Waals surface area contributed by atoms with E-state index >= 15 is 0 Å². The second kappa shape index (κ2) is 9.99. The first kappa shape index (κ1) is 24.0. The molecule has 4 rings (SSSR count). The van der Waals surface area contributed by atoms with E-state index in [9.17, 15) is 18.0 Å². The van der Waals surface area contributed by atoms with Gasteiger partial charge in [0.15, 0.2) is 0 Å². The molecule has 1 unspecified atom stereocenters. The molecule has 2 fully saturated rings. The van der Waals surface area contributed by atoms with E-state index < -0.39 is 22.0 Å². The van der Waals surface area contributed by atoms with Crippen molar-refractivity contribution in [3.63, 3.8) is 0 Å². The van der Waals surface area contributed by atoms with Crippen molar-refractivity contribution >= 4 is 45.0 Å². The van der Waals surface area contributed by atoms with Crippen LogP contribution in [-0.2, 0) is 30.9 Å². The number of morpholine rings is 1. The van der Waals surface area contributed by atoms with Crippen molar-refractivity contribution in [3.8, 4) is 0 Å². The standard InChI is InChI=1S/C22H23Cl2N3O5S/c23-17-7-5-16(6-8-17)13-25-9-10-26(15-21(25)28)22(29)19-14-27(11-12-32-19)33(30,31)20-4-2-1-3-18(20)24/h1-8,19H,9-15H2. The number of halogens is 2. The van der Waals surface area contributed by atoms with Crippen molar-refractivity contribution in [2.24, 2.45) is 0 Å². The quantitative estimate of drug-likeness (QED) is 0.614. The number of carbonyl (C=O) groups excluding carboxylic acids is 2. The highest BCUT2D eigenvalue weighted by Crippen LogP contribution is 2.26. The molecule has 2 aliphatic heterocycles. The summed E-state index contributed by atoms with van der Waals surface area (Å²) in [6.45, 7) is 1.13. The zero-order chi connectivity index (χ0) is 23.6. The fourth-order valence-corrected chi connectivity index (χ4v) is 5.91. The van der Waals surface area contributed by atoms with Crippen LogP contribution in [0.4, 0.5) is 0 Å². The molecule has 0 aliphatic carbocycles. The number of benzene rings is 2. The average molecular weight is 512 g/mol. The van der Waals surface area contributed by atoms with Gasteiger partial charge in [0.2, 0.25) is 15.9 Å². The summed E-state index contributed by atoms with van der Waals surface area (Å²) >= 11 is 12.0. The number of piperazine rings is 1. The number of sulfonamides is 1. The highest BCUT2D eigenvalue weighted by Gasteiger charge is 2.38. The van der Waals surface area contributed by atoms with Crippen molar-refractivity contribution in [2.75, 3.05) is 39.3 Å². The lowest BCUT2D eigenvalue weighted by atomic mass is 10.2. The molecule has 2 saturated heterocycles. The lowest BCUT2D eigenvalue weighted by Gasteiger charge is -2.38. The molecule has 0 radical (unpaired) electrons. The third-order valence-corrected chi connectivity index (χ3v) is 8.29. The summed E-state index contributed by atoms with van der Waals surface area (Å²) in [6, 6.07) is 13.4. The van der Waals surface area contributed by atoms with Crippen LogP contribution >= 0.6 is 23.2 Å². The Bertz CT molecular complexity index is 1140. The number of hydrogen-bond acceptors (Lipinski definition) is 5. The topological polar surface area (TPSA) is 87.2 Å². The van der Waals surface area contributed by atoms with Crippen LogP contribution in [-0.4, -0.2) is 79.8 Å². The molecule has 0 aromatic heterocycles. The molecule has 0 N–H and O–H groups in total. The van der Waals surface area contributed by atoms with Crippen molar-refractivity contribution in [1.82, 2.24) is 14.1 Å². The third-order valence-electron chi connectivity index (χ3n) is 5.68. The van der Waals surface area contributed by atoms with Gasteiger partial charge < -0.3 is 14.5 Å². The van der Waals surface area contributed by atoms with Crippen LogP contribution in [0.5, 0.6) is 0 Å². The zero-order valence-corrected chi connectivity index (χ0v) is 20.0. The number of ether oxygens (including phenoxy) is 1.